The normalized spacial score (nSPS) is 12.7. The van der Waals surface area contributed by atoms with E-state index in [0.29, 0.717) is 5.33 Å². The van der Waals surface area contributed by atoms with Crippen molar-refractivity contribution in [2.45, 2.75) is 19.4 Å². The summed E-state index contributed by atoms with van der Waals surface area (Å²) in [6.45, 7) is 1.92. The fraction of sp³-hybridized carbons (Fsp3) is 0.833. The average Bonchev–Trinajstić information content (AvgIpc) is 1.99. The maximum absolute atomic E-state index is 10.7. The van der Waals surface area contributed by atoms with Crippen molar-refractivity contribution in [1.29, 1.82) is 0 Å². The molecule has 0 rings (SSSR count). The zero-order valence-corrected chi connectivity index (χ0v) is 7.52. The lowest BCUT2D eigenvalue weighted by Gasteiger charge is -2.11. The fourth-order valence-corrected chi connectivity index (χ4v) is 0.705. The Bertz CT molecular complexity index is 104. The van der Waals surface area contributed by atoms with Crippen molar-refractivity contribution >= 4 is 21.8 Å². The zero-order valence-electron chi connectivity index (χ0n) is 5.93. The van der Waals surface area contributed by atoms with Crippen molar-refractivity contribution in [3.8, 4) is 0 Å². The zero-order chi connectivity index (χ0) is 7.98. The first kappa shape index (κ1) is 9.91. The molecule has 0 aliphatic carbocycles. The van der Waals surface area contributed by atoms with Crippen molar-refractivity contribution in [2.24, 2.45) is 0 Å². The second-order valence-corrected chi connectivity index (χ2v) is 2.55. The van der Waals surface area contributed by atoms with Gasteiger partial charge in [-0.25, -0.2) is 0 Å². The van der Waals surface area contributed by atoms with E-state index in [1.807, 2.05) is 6.92 Å². The van der Waals surface area contributed by atoms with Crippen LogP contribution in [-0.4, -0.2) is 29.0 Å². The number of hydrogen-bond acceptors (Lipinski definition) is 2. The minimum absolute atomic E-state index is 0.00917. The SMILES string of the molecule is CCC(CO)NC(=O)CBr. The van der Waals surface area contributed by atoms with E-state index < -0.39 is 0 Å². The molecule has 0 aliphatic rings. The molecule has 4 heteroatoms. The smallest absolute Gasteiger partial charge is 0.230 e. The predicted molar refractivity (Wildman–Crippen MR) is 43.1 cm³/mol. The highest BCUT2D eigenvalue weighted by molar-refractivity contribution is 9.09. The fourth-order valence-electron chi connectivity index (χ4n) is 0.543. The maximum Gasteiger partial charge on any atom is 0.230 e. The van der Waals surface area contributed by atoms with Crippen LogP contribution in [0.5, 0.6) is 0 Å². The van der Waals surface area contributed by atoms with Crippen molar-refractivity contribution in [3.63, 3.8) is 0 Å². The highest BCUT2D eigenvalue weighted by Crippen LogP contribution is 1.89. The van der Waals surface area contributed by atoms with Crippen LogP contribution in [0.25, 0.3) is 0 Å². The van der Waals surface area contributed by atoms with Crippen molar-refractivity contribution in [2.75, 3.05) is 11.9 Å². The van der Waals surface area contributed by atoms with E-state index in [1.165, 1.54) is 0 Å². The summed E-state index contributed by atoms with van der Waals surface area (Å²) < 4.78 is 0. The number of halogens is 1. The van der Waals surface area contributed by atoms with E-state index in [-0.39, 0.29) is 18.6 Å². The minimum Gasteiger partial charge on any atom is -0.394 e. The molecule has 0 aliphatic heterocycles. The highest BCUT2D eigenvalue weighted by atomic mass is 79.9. The van der Waals surface area contributed by atoms with Crippen LogP contribution in [0.2, 0.25) is 0 Å². The Morgan fingerprint density at radius 2 is 2.40 bits per heavy atom. The van der Waals surface area contributed by atoms with E-state index in [1.54, 1.807) is 0 Å². The van der Waals surface area contributed by atoms with E-state index in [4.69, 9.17) is 5.11 Å². The largest absolute Gasteiger partial charge is 0.394 e. The second kappa shape index (κ2) is 5.68. The number of nitrogens with one attached hydrogen (secondary N) is 1. The molecule has 0 saturated carbocycles. The van der Waals surface area contributed by atoms with Gasteiger partial charge in [-0.1, -0.05) is 22.9 Å². The molecule has 60 valence electrons. The van der Waals surface area contributed by atoms with Gasteiger partial charge in [-0.15, -0.1) is 0 Å². The van der Waals surface area contributed by atoms with E-state index in [9.17, 15) is 4.79 Å². The third-order valence-corrected chi connectivity index (χ3v) is 1.71. The Kier molecular flexibility index (Phi) is 5.63. The minimum atomic E-state index is -0.0925. The molecule has 0 aromatic heterocycles. The summed E-state index contributed by atoms with van der Waals surface area (Å²) >= 11 is 3.01. The lowest BCUT2D eigenvalue weighted by molar-refractivity contribution is -0.119. The number of hydrogen-bond donors (Lipinski definition) is 2. The molecule has 3 nitrogen and oxygen atoms in total. The van der Waals surface area contributed by atoms with E-state index >= 15 is 0 Å². The summed E-state index contributed by atoms with van der Waals surface area (Å²) in [5, 5.41) is 11.6. The first-order valence-corrected chi connectivity index (χ1v) is 4.32. The van der Waals surface area contributed by atoms with Crippen LogP contribution < -0.4 is 5.32 Å². The predicted octanol–water partition coefficient (Wildman–Crippen LogP) is 0.268. The molecule has 0 radical (unpaired) electrons. The molecule has 1 amide bonds. The van der Waals surface area contributed by atoms with Crippen LogP contribution >= 0.6 is 15.9 Å². The number of rotatable bonds is 4. The lowest BCUT2D eigenvalue weighted by atomic mass is 10.2. The van der Waals surface area contributed by atoms with Crippen LogP contribution in [0.4, 0.5) is 0 Å². The number of amides is 1. The molecule has 0 aromatic carbocycles. The van der Waals surface area contributed by atoms with E-state index in [2.05, 4.69) is 21.2 Å². The molecule has 0 spiro atoms. The van der Waals surface area contributed by atoms with Crippen molar-refractivity contribution in [3.05, 3.63) is 0 Å². The molecular weight excluding hydrogens is 198 g/mol. The van der Waals surface area contributed by atoms with Crippen LogP contribution in [-0.2, 0) is 4.79 Å². The van der Waals surface area contributed by atoms with Crippen LogP contribution in [0.3, 0.4) is 0 Å². The Balaban J connectivity index is 3.52. The summed E-state index contributed by atoms with van der Waals surface area (Å²) in [5.41, 5.74) is 0. The summed E-state index contributed by atoms with van der Waals surface area (Å²) in [6.07, 6.45) is 0.759. The molecule has 0 aromatic rings. The molecule has 0 saturated heterocycles. The van der Waals surface area contributed by atoms with E-state index in [0.717, 1.165) is 6.42 Å². The maximum atomic E-state index is 10.7. The Morgan fingerprint density at radius 1 is 1.80 bits per heavy atom. The van der Waals surface area contributed by atoms with Gasteiger partial charge in [-0.3, -0.25) is 4.79 Å². The van der Waals surface area contributed by atoms with Gasteiger partial charge in [0, 0.05) is 0 Å². The molecule has 0 heterocycles. The standard InChI is InChI=1S/C6H12BrNO2/c1-2-5(4-9)8-6(10)3-7/h5,9H,2-4H2,1H3,(H,8,10). The second-order valence-electron chi connectivity index (χ2n) is 1.99. The topological polar surface area (TPSA) is 49.3 Å². The quantitative estimate of drug-likeness (QED) is 0.654. The van der Waals surface area contributed by atoms with Gasteiger partial charge in [-0.2, -0.15) is 0 Å². The van der Waals surface area contributed by atoms with Gasteiger partial charge in [0.05, 0.1) is 18.0 Å². The third kappa shape index (κ3) is 3.85. The molecular formula is C6H12BrNO2. The Hall–Kier alpha value is -0.0900. The molecule has 1 atom stereocenters. The number of aliphatic hydroxyl groups excluding tert-OH is 1. The summed E-state index contributed by atoms with van der Waals surface area (Å²) in [4.78, 5) is 10.7. The molecule has 2 N–H and O–H groups in total. The van der Waals surface area contributed by atoms with Crippen LogP contribution in [0.15, 0.2) is 0 Å². The van der Waals surface area contributed by atoms with Crippen LogP contribution in [0.1, 0.15) is 13.3 Å². The van der Waals surface area contributed by atoms with Crippen LogP contribution in [0, 0.1) is 0 Å². The summed E-state index contributed by atoms with van der Waals surface area (Å²) in [7, 11) is 0. The summed E-state index contributed by atoms with van der Waals surface area (Å²) in [6, 6.07) is -0.0925. The summed E-state index contributed by atoms with van der Waals surface area (Å²) in [5.74, 6) is -0.0825. The Labute approximate surface area is 68.9 Å². The average molecular weight is 210 g/mol. The third-order valence-electron chi connectivity index (χ3n) is 1.20. The molecule has 0 bridgehead atoms. The number of carbonyl (C=O) groups excluding carboxylic acids is 1. The number of aliphatic hydroxyl groups is 1. The number of carbonyl (C=O) groups is 1. The van der Waals surface area contributed by atoms with Gasteiger partial charge in [0.1, 0.15) is 0 Å². The Morgan fingerprint density at radius 3 is 2.70 bits per heavy atom. The van der Waals surface area contributed by atoms with Gasteiger partial charge < -0.3 is 10.4 Å². The van der Waals surface area contributed by atoms with Crippen molar-refractivity contribution < 1.29 is 9.90 Å². The van der Waals surface area contributed by atoms with Crippen molar-refractivity contribution in [1.82, 2.24) is 5.32 Å². The van der Waals surface area contributed by atoms with Gasteiger partial charge in [-0.05, 0) is 6.42 Å². The highest BCUT2D eigenvalue weighted by Gasteiger charge is 2.06. The molecule has 10 heavy (non-hydrogen) atoms. The first-order valence-electron chi connectivity index (χ1n) is 3.20. The van der Waals surface area contributed by atoms with Gasteiger partial charge in [0.2, 0.25) is 5.91 Å². The van der Waals surface area contributed by atoms with Gasteiger partial charge in [0.15, 0.2) is 0 Å². The number of alkyl halides is 1. The lowest BCUT2D eigenvalue weighted by Crippen LogP contribution is -2.37. The molecule has 1 unspecified atom stereocenters. The molecule has 0 fully saturated rings. The van der Waals surface area contributed by atoms with Gasteiger partial charge >= 0.3 is 0 Å². The first-order chi connectivity index (χ1) is 4.74. The van der Waals surface area contributed by atoms with Gasteiger partial charge in [0.25, 0.3) is 0 Å². The monoisotopic (exact) mass is 209 g/mol.